The molecule has 0 aliphatic heterocycles. The number of nitrogens with zero attached hydrogens (tertiary/aromatic N) is 3. The number of hydrogen-bond acceptors (Lipinski definition) is 3. The highest BCUT2D eigenvalue weighted by atomic mass is 16.2. The fraction of sp³-hybridized carbons (Fsp3) is 0.500. The van der Waals surface area contributed by atoms with Crippen molar-refractivity contribution in [3.63, 3.8) is 0 Å². The fourth-order valence-corrected chi connectivity index (χ4v) is 2.82. The third-order valence-corrected chi connectivity index (χ3v) is 4.10. The van der Waals surface area contributed by atoms with Crippen LogP contribution in [0.2, 0.25) is 0 Å². The van der Waals surface area contributed by atoms with Crippen molar-refractivity contribution in [3.05, 3.63) is 40.4 Å². The number of hydrogen-bond donors (Lipinski definition) is 0. The smallest absolute Gasteiger partial charge is 0.261 e. The van der Waals surface area contributed by atoms with Crippen molar-refractivity contribution < 1.29 is 4.79 Å². The van der Waals surface area contributed by atoms with Gasteiger partial charge in [0.25, 0.3) is 5.56 Å². The second-order valence-corrected chi connectivity index (χ2v) is 6.21. The van der Waals surface area contributed by atoms with Gasteiger partial charge in [-0.05, 0) is 25.5 Å². The number of carbonyl (C=O) groups excluding carboxylic acids is 1. The molecule has 1 aromatic carbocycles. The first-order chi connectivity index (χ1) is 10.9. The van der Waals surface area contributed by atoms with Gasteiger partial charge in [-0.15, -0.1) is 0 Å². The second kappa shape index (κ2) is 6.94. The van der Waals surface area contributed by atoms with Gasteiger partial charge in [0.2, 0.25) is 5.91 Å². The maximum atomic E-state index is 12.6. The van der Waals surface area contributed by atoms with Gasteiger partial charge in [-0.2, -0.15) is 0 Å². The van der Waals surface area contributed by atoms with Crippen LogP contribution in [0.3, 0.4) is 0 Å². The minimum atomic E-state index is -0.243. The minimum absolute atomic E-state index is 0.0779. The lowest BCUT2D eigenvalue weighted by Crippen LogP contribution is -2.39. The van der Waals surface area contributed by atoms with Crippen molar-refractivity contribution in [1.29, 1.82) is 0 Å². The molecule has 0 spiro atoms. The van der Waals surface area contributed by atoms with Crippen molar-refractivity contribution in [1.82, 2.24) is 14.5 Å². The lowest BCUT2D eigenvalue weighted by molar-refractivity contribution is -0.136. The molecule has 2 aromatic rings. The third kappa shape index (κ3) is 3.28. The Labute approximate surface area is 136 Å². The molecule has 0 aliphatic rings. The Bertz CT molecular complexity index is 764. The van der Waals surface area contributed by atoms with Crippen LogP contribution in [0.4, 0.5) is 0 Å². The van der Waals surface area contributed by atoms with Gasteiger partial charge in [-0.1, -0.05) is 32.9 Å². The Balaban J connectivity index is 2.55. The van der Waals surface area contributed by atoms with Crippen LogP contribution < -0.4 is 5.56 Å². The van der Waals surface area contributed by atoms with Crippen LogP contribution in [-0.2, 0) is 11.8 Å². The Morgan fingerprint density at radius 1 is 1.26 bits per heavy atom. The Kier molecular flexibility index (Phi) is 5.19. The second-order valence-electron chi connectivity index (χ2n) is 6.21. The summed E-state index contributed by atoms with van der Waals surface area (Å²) >= 11 is 0. The molecule has 0 radical (unpaired) electrons. The Morgan fingerprint density at radius 2 is 1.91 bits per heavy atom. The van der Waals surface area contributed by atoms with Gasteiger partial charge >= 0.3 is 0 Å². The van der Waals surface area contributed by atoms with Crippen LogP contribution in [0.5, 0.6) is 0 Å². The number of amides is 1. The molecule has 0 saturated carbocycles. The lowest BCUT2D eigenvalue weighted by atomic mass is 10.1. The summed E-state index contributed by atoms with van der Waals surface area (Å²) in [5.74, 6) is 0.624. The summed E-state index contributed by atoms with van der Waals surface area (Å²) in [5, 5.41) is 0.600. The molecule has 1 amide bonds. The molecule has 0 aliphatic carbocycles. The molecular formula is C18H25N3O2. The topological polar surface area (TPSA) is 55.2 Å². The number of benzene rings is 1. The highest BCUT2D eigenvalue weighted by Gasteiger charge is 2.26. The number of aromatic nitrogens is 2. The molecule has 2 rings (SSSR count). The highest BCUT2D eigenvalue weighted by Crippen LogP contribution is 2.21. The predicted octanol–water partition coefficient (Wildman–Crippen LogP) is 2.89. The van der Waals surface area contributed by atoms with Gasteiger partial charge in [-0.25, -0.2) is 4.98 Å². The zero-order chi connectivity index (χ0) is 17.1. The lowest BCUT2D eigenvalue weighted by Gasteiger charge is -2.31. The molecule has 124 valence electrons. The first-order valence-corrected chi connectivity index (χ1v) is 8.14. The van der Waals surface area contributed by atoms with Crippen molar-refractivity contribution in [2.45, 2.75) is 40.2 Å². The zero-order valence-electron chi connectivity index (χ0n) is 14.5. The van der Waals surface area contributed by atoms with Gasteiger partial charge in [0.1, 0.15) is 5.82 Å². The van der Waals surface area contributed by atoms with Crippen molar-refractivity contribution in [3.8, 4) is 0 Å². The summed E-state index contributed by atoms with van der Waals surface area (Å²) in [6.45, 7) is 8.42. The average molecular weight is 315 g/mol. The third-order valence-electron chi connectivity index (χ3n) is 4.10. The van der Waals surface area contributed by atoms with Crippen molar-refractivity contribution >= 4 is 16.8 Å². The summed E-state index contributed by atoms with van der Waals surface area (Å²) in [4.78, 5) is 31.5. The first kappa shape index (κ1) is 17.2. The van der Waals surface area contributed by atoms with Gasteiger partial charge in [-0.3, -0.25) is 14.2 Å². The van der Waals surface area contributed by atoms with Gasteiger partial charge in [0, 0.05) is 19.5 Å². The van der Waals surface area contributed by atoms with Crippen molar-refractivity contribution in [2.75, 3.05) is 6.54 Å². The van der Waals surface area contributed by atoms with E-state index in [1.165, 1.54) is 0 Å². The van der Waals surface area contributed by atoms with E-state index in [2.05, 4.69) is 4.98 Å². The van der Waals surface area contributed by atoms with E-state index in [4.69, 9.17) is 0 Å². The monoisotopic (exact) mass is 315 g/mol. The van der Waals surface area contributed by atoms with E-state index in [0.29, 0.717) is 23.3 Å². The van der Waals surface area contributed by atoms with Crippen LogP contribution in [-0.4, -0.2) is 26.9 Å². The maximum Gasteiger partial charge on any atom is 0.261 e. The fourth-order valence-electron chi connectivity index (χ4n) is 2.82. The van der Waals surface area contributed by atoms with E-state index < -0.39 is 0 Å². The summed E-state index contributed by atoms with van der Waals surface area (Å²) in [6.07, 6.45) is 0.865. The van der Waals surface area contributed by atoms with Crippen LogP contribution in [0, 0.1) is 5.92 Å². The van der Waals surface area contributed by atoms with E-state index in [1.807, 2.05) is 50.8 Å². The number of rotatable bonds is 5. The number of para-hydroxylation sites is 1. The van der Waals surface area contributed by atoms with Crippen LogP contribution in [0.25, 0.3) is 10.9 Å². The summed E-state index contributed by atoms with van der Waals surface area (Å²) < 4.78 is 1.56. The van der Waals surface area contributed by atoms with E-state index in [-0.39, 0.29) is 23.4 Å². The molecule has 0 saturated heterocycles. The van der Waals surface area contributed by atoms with Gasteiger partial charge in [0.15, 0.2) is 0 Å². The maximum absolute atomic E-state index is 12.6. The van der Waals surface area contributed by atoms with E-state index in [1.54, 1.807) is 17.7 Å². The largest absolute Gasteiger partial charge is 0.333 e. The average Bonchev–Trinajstić information content (AvgIpc) is 2.54. The van der Waals surface area contributed by atoms with Crippen LogP contribution in [0.1, 0.15) is 46.0 Å². The van der Waals surface area contributed by atoms with E-state index >= 15 is 0 Å². The zero-order valence-corrected chi connectivity index (χ0v) is 14.5. The van der Waals surface area contributed by atoms with Crippen LogP contribution in [0.15, 0.2) is 29.1 Å². The molecule has 1 heterocycles. The normalized spacial score (nSPS) is 12.6. The SMILES string of the molecule is CCCN(C(=O)C(C)C)C(C)c1nc2ccccc2c(=O)n1C. The molecule has 1 unspecified atom stereocenters. The predicted molar refractivity (Wildman–Crippen MR) is 92.2 cm³/mol. The number of carbonyl (C=O) groups is 1. The summed E-state index contributed by atoms with van der Waals surface area (Å²) in [6, 6.07) is 7.07. The van der Waals surface area contributed by atoms with E-state index in [9.17, 15) is 9.59 Å². The molecular weight excluding hydrogens is 290 g/mol. The van der Waals surface area contributed by atoms with E-state index in [0.717, 1.165) is 6.42 Å². The molecule has 5 nitrogen and oxygen atoms in total. The standard InChI is InChI=1S/C18H25N3O2/c1-6-11-21(17(22)12(2)3)13(4)16-19-15-10-8-7-9-14(15)18(23)20(16)5/h7-10,12-13H,6,11H2,1-5H3. The highest BCUT2D eigenvalue weighted by molar-refractivity contribution is 5.79. The molecule has 0 bridgehead atoms. The molecule has 5 heteroatoms. The van der Waals surface area contributed by atoms with Gasteiger partial charge < -0.3 is 4.90 Å². The first-order valence-electron chi connectivity index (χ1n) is 8.14. The van der Waals surface area contributed by atoms with Gasteiger partial charge in [0.05, 0.1) is 16.9 Å². The number of fused-ring (bicyclic) bond motifs is 1. The molecule has 1 atom stereocenters. The van der Waals surface area contributed by atoms with Crippen molar-refractivity contribution in [2.24, 2.45) is 13.0 Å². The minimum Gasteiger partial charge on any atom is -0.333 e. The van der Waals surface area contributed by atoms with Crippen LogP contribution >= 0.6 is 0 Å². The molecule has 23 heavy (non-hydrogen) atoms. The quantitative estimate of drug-likeness (QED) is 0.852. The summed E-state index contributed by atoms with van der Waals surface area (Å²) in [5.41, 5.74) is 0.594. The molecule has 1 aromatic heterocycles. The Hall–Kier alpha value is -2.17. The Morgan fingerprint density at radius 3 is 2.52 bits per heavy atom. The molecule has 0 fully saturated rings. The molecule has 0 N–H and O–H groups in total. The summed E-state index contributed by atoms with van der Waals surface area (Å²) in [7, 11) is 1.72.